The molecule has 2 aliphatic heterocycles. The molecule has 0 spiro atoms. The van der Waals surface area contributed by atoms with Crippen LogP contribution >= 0.6 is 0 Å². The minimum Gasteiger partial charge on any atom is -0.481 e. The van der Waals surface area contributed by atoms with Gasteiger partial charge in [-0.05, 0) is 12.8 Å². The van der Waals surface area contributed by atoms with Gasteiger partial charge >= 0.3 is 0 Å². The average molecular weight is 329 g/mol. The zero-order valence-electron chi connectivity index (χ0n) is 13.5. The molecule has 3 aliphatic rings. The Morgan fingerprint density at radius 2 is 2.21 bits per heavy atom. The van der Waals surface area contributed by atoms with E-state index in [1.54, 1.807) is 7.11 Å². The van der Waals surface area contributed by atoms with E-state index >= 15 is 0 Å². The lowest BCUT2D eigenvalue weighted by Gasteiger charge is -2.23. The van der Waals surface area contributed by atoms with Crippen LogP contribution in [0.3, 0.4) is 0 Å². The first-order chi connectivity index (χ1) is 11.8. The molecule has 8 nitrogen and oxygen atoms in total. The highest BCUT2D eigenvalue weighted by atomic mass is 16.5. The molecule has 0 unspecified atom stereocenters. The molecule has 0 radical (unpaired) electrons. The summed E-state index contributed by atoms with van der Waals surface area (Å²) in [6, 6.07) is 1.86. The maximum Gasteiger partial charge on any atom is 0.227 e. The van der Waals surface area contributed by atoms with E-state index in [0.29, 0.717) is 30.9 Å². The molecule has 5 rings (SSSR count). The second-order valence-corrected chi connectivity index (χ2v) is 6.89. The zero-order chi connectivity index (χ0) is 16.1. The molecule has 0 N–H and O–H groups in total. The normalized spacial score (nSPS) is 29.0. The van der Waals surface area contributed by atoms with Gasteiger partial charge in [-0.25, -0.2) is 9.97 Å². The highest BCUT2D eigenvalue weighted by Crippen LogP contribution is 2.46. The van der Waals surface area contributed by atoms with Crippen molar-refractivity contribution in [2.24, 2.45) is 5.92 Å². The van der Waals surface area contributed by atoms with Gasteiger partial charge in [0, 0.05) is 31.0 Å². The largest absolute Gasteiger partial charge is 0.481 e. The molecule has 0 aromatic carbocycles. The summed E-state index contributed by atoms with van der Waals surface area (Å²) >= 11 is 0. The van der Waals surface area contributed by atoms with Crippen LogP contribution in [0.15, 0.2) is 16.8 Å². The van der Waals surface area contributed by atoms with Crippen LogP contribution < -0.4 is 9.64 Å². The molecule has 0 bridgehead atoms. The van der Waals surface area contributed by atoms with Crippen LogP contribution in [0.5, 0.6) is 5.88 Å². The number of fused-ring (bicyclic) bond motifs is 1. The molecule has 3 fully saturated rings. The summed E-state index contributed by atoms with van der Waals surface area (Å²) < 4.78 is 17.0. The summed E-state index contributed by atoms with van der Waals surface area (Å²) in [6.45, 7) is 2.92. The number of anilines is 1. The first-order valence-corrected chi connectivity index (χ1v) is 8.31. The molecule has 1 aliphatic carbocycles. The van der Waals surface area contributed by atoms with Crippen LogP contribution in [-0.2, 0) is 10.2 Å². The van der Waals surface area contributed by atoms with E-state index in [1.165, 1.54) is 6.33 Å². The molecular formula is C16H19N5O3. The van der Waals surface area contributed by atoms with Crippen molar-refractivity contribution in [3.05, 3.63) is 24.2 Å². The molecule has 2 saturated heterocycles. The summed E-state index contributed by atoms with van der Waals surface area (Å²) in [5, 5.41) is 8.64. The van der Waals surface area contributed by atoms with Gasteiger partial charge in [0.2, 0.25) is 17.7 Å². The lowest BCUT2D eigenvalue weighted by molar-refractivity contribution is 0.166. The van der Waals surface area contributed by atoms with Crippen molar-refractivity contribution in [1.82, 2.24) is 20.2 Å². The standard InChI is InChI=1S/C16H19N5O3/c1-22-13-4-12(17-9-18-13)21-5-11-6-23-8-16(11,7-21)15-20-19-14(24-15)10-2-3-10/h4,9-11H,2-3,5-8H2,1H3/t11-,16-/m0/s1. The number of hydrogen-bond acceptors (Lipinski definition) is 8. The van der Waals surface area contributed by atoms with Gasteiger partial charge in [-0.2, -0.15) is 0 Å². The van der Waals surface area contributed by atoms with E-state index < -0.39 is 0 Å². The highest BCUT2D eigenvalue weighted by Gasteiger charge is 2.56. The summed E-state index contributed by atoms with van der Waals surface area (Å²) in [5.41, 5.74) is -0.238. The Kier molecular flexibility index (Phi) is 3.03. The second kappa shape index (κ2) is 5.14. The summed E-state index contributed by atoms with van der Waals surface area (Å²) in [4.78, 5) is 10.7. The van der Waals surface area contributed by atoms with Crippen LogP contribution in [0.25, 0.3) is 0 Å². The van der Waals surface area contributed by atoms with Crippen molar-refractivity contribution >= 4 is 5.82 Å². The van der Waals surface area contributed by atoms with Crippen LogP contribution in [-0.4, -0.2) is 53.6 Å². The topological polar surface area (TPSA) is 86.4 Å². The van der Waals surface area contributed by atoms with Crippen LogP contribution in [0.4, 0.5) is 5.82 Å². The van der Waals surface area contributed by atoms with Gasteiger partial charge < -0.3 is 18.8 Å². The number of nitrogens with zero attached hydrogens (tertiary/aromatic N) is 5. The first kappa shape index (κ1) is 14.2. The average Bonchev–Trinajstić information content (AvgIpc) is 3.05. The third kappa shape index (κ3) is 2.09. The van der Waals surface area contributed by atoms with Gasteiger partial charge in [0.15, 0.2) is 0 Å². The van der Waals surface area contributed by atoms with Gasteiger partial charge in [0.25, 0.3) is 0 Å². The van der Waals surface area contributed by atoms with Crippen molar-refractivity contribution in [2.45, 2.75) is 24.2 Å². The van der Waals surface area contributed by atoms with E-state index in [0.717, 1.165) is 43.5 Å². The quantitative estimate of drug-likeness (QED) is 0.825. The third-order valence-electron chi connectivity index (χ3n) is 5.33. The number of ether oxygens (including phenoxy) is 2. The van der Waals surface area contributed by atoms with E-state index in [2.05, 4.69) is 25.1 Å². The first-order valence-electron chi connectivity index (χ1n) is 8.31. The third-order valence-corrected chi connectivity index (χ3v) is 5.33. The van der Waals surface area contributed by atoms with Crippen LogP contribution in [0, 0.1) is 5.92 Å². The van der Waals surface area contributed by atoms with Crippen molar-refractivity contribution < 1.29 is 13.9 Å². The smallest absolute Gasteiger partial charge is 0.227 e. The van der Waals surface area contributed by atoms with E-state index in [9.17, 15) is 0 Å². The molecule has 1 saturated carbocycles. The minimum atomic E-state index is -0.238. The molecular weight excluding hydrogens is 310 g/mol. The van der Waals surface area contributed by atoms with Gasteiger partial charge in [0.05, 0.1) is 25.7 Å². The van der Waals surface area contributed by atoms with E-state index in [1.807, 2.05) is 6.07 Å². The maximum absolute atomic E-state index is 6.04. The van der Waals surface area contributed by atoms with Gasteiger partial charge in [0.1, 0.15) is 12.1 Å². The monoisotopic (exact) mass is 329 g/mol. The van der Waals surface area contributed by atoms with Crippen molar-refractivity contribution in [3.8, 4) is 5.88 Å². The molecule has 4 heterocycles. The maximum atomic E-state index is 6.04. The minimum absolute atomic E-state index is 0.238. The predicted octanol–water partition coefficient (Wildman–Crippen LogP) is 1.15. The van der Waals surface area contributed by atoms with Crippen LogP contribution in [0.1, 0.15) is 30.5 Å². The van der Waals surface area contributed by atoms with Gasteiger partial charge in [-0.1, -0.05) is 0 Å². The Labute approximate surface area is 139 Å². The van der Waals surface area contributed by atoms with Crippen molar-refractivity contribution in [2.75, 3.05) is 38.3 Å². The molecule has 126 valence electrons. The second-order valence-electron chi connectivity index (χ2n) is 6.89. The lowest BCUT2D eigenvalue weighted by atomic mass is 9.81. The fourth-order valence-electron chi connectivity index (χ4n) is 3.76. The van der Waals surface area contributed by atoms with Crippen LogP contribution in [0.2, 0.25) is 0 Å². The summed E-state index contributed by atoms with van der Waals surface area (Å²) in [7, 11) is 1.61. The number of hydrogen-bond donors (Lipinski definition) is 0. The van der Waals surface area contributed by atoms with Crippen molar-refractivity contribution in [3.63, 3.8) is 0 Å². The molecule has 2 aromatic heterocycles. The molecule has 2 atom stereocenters. The summed E-state index contributed by atoms with van der Waals surface area (Å²) in [5.74, 6) is 3.72. The highest BCUT2D eigenvalue weighted by molar-refractivity contribution is 5.45. The van der Waals surface area contributed by atoms with Gasteiger partial charge in [-0.3, -0.25) is 0 Å². The number of methoxy groups -OCH3 is 1. The van der Waals surface area contributed by atoms with Crippen molar-refractivity contribution in [1.29, 1.82) is 0 Å². The lowest BCUT2D eigenvalue weighted by Crippen LogP contribution is -2.36. The Morgan fingerprint density at radius 1 is 1.29 bits per heavy atom. The van der Waals surface area contributed by atoms with E-state index in [-0.39, 0.29) is 5.41 Å². The predicted molar refractivity (Wildman–Crippen MR) is 83.1 cm³/mol. The molecule has 24 heavy (non-hydrogen) atoms. The number of rotatable bonds is 4. The Balaban J connectivity index is 1.46. The Bertz CT molecular complexity index is 762. The molecule has 2 aromatic rings. The fraction of sp³-hybridized carbons (Fsp3) is 0.625. The Hall–Kier alpha value is -2.22. The summed E-state index contributed by atoms with van der Waals surface area (Å²) in [6.07, 6.45) is 3.84. The Morgan fingerprint density at radius 3 is 3.04 bits per heavy atom. The SMILES string of the molecule is COc1cc(N2C[C@H]3COC[C@@]3(c3nnc(C4CC4)o3)C2)ncn1. The zero-order valence-corrected chi connectivity index (χ0v) is 13.5. The van der Waals surface area contributed by atoms with Gasteiger partial charge in [-0.15, -0.1) is 10.2 Å². The molecule has 8 heteroatoms. The fourth-order valence-corrected chi connectivity index (χ4v) is 3.76. The number of aromatic nitrogens is 4. The van der Waals surface area contributed by atoms with E-state index in [4.69, 9.17) is 13.9 Å². The molecule has 0 amide bonds.